The zero-order chi connectivity index (χ0) is 4.99. The molecule has 0 aliphatic rings. The van der Waals surface area contributed by atoms with Gasteiger partial charge in [0.05, 0.1) is 6.61 Å². The highest BCUT2D eigenvalue weighted by Gasteiger charge is 1.94. The molecule has 0 spiro atoms. The summed E-state index contributed by atoms with van der Waals surface area (Å²) in [5.74, 6) is 0. The van der Waals surface area contributed by atoms with Crippen molar-refractivity contribution in [1.29, 1.82) is 0 Å². The Morgan fingerprint density at radius 2 is 2.33 bits per heavy atom. The molecular formula is C4H12NO+. The van der Waals surface area contributed by atoms with Crippen molar-refractivity contribution >= 4 is 0 Å². The number of quaternary nitrogens is 1. The summed E-state index contributed by atoms with van der Waals surface area (Å²) in [5.41, 5.74) is 3.62. The van der Waals surface area contributed by atoms with E-state index >= 15 is 0 Å². The molecule has 4 N–H and O–H groups in total. The molecule has 0 aliphatic heterocycles. The van der Waals surface area contributed by atoms with Crippen molar-refractivity contribution in [3.05, 3.63) is 0 Å². The fourth-order valence-corrected chi connectivity index (χ4v) is 0.129. The van der Waals surface area contributed by atoms with Gasteiger partial charge < -0.3 is 10.8 Å². The van der Waals surface area contributed by atoms with E-state index < -0.39 is 0 Å². The van der Waals surface area contributed by atoms with Crippen LogP contribution in [-0.4, -0.2) is 17.8 Å². The van der Waals surface area contributed by atoms with E-state index in [0.29, 0.717) is 0 Å². The first-order valence-electron chi connectivity index (χ1n) is 2.25. The molecule has 0 heterocycles. The van der Waals surface area contributed by atoms with Crippen molar-refractivity contribution in [2.24, 2.45) is 0 Å². The number of rotatable bonds is 2. The topological polar surface area (TPSA) is 47.9 Å². The fourth-order valence-electron chi connectivity index (χ4n) is 0.129. The number of aliphatic hydroxyl groups is 1. The Bertz CT molecular complexity index is 26.7. The van der Waals surface area contributed by atoms with Gasteiger partial charge in [0, 0.05) is 0 Å². The quantitative estimate of drug-likeness (QED) is 0.449. The Morgan fingerprint density at radius 3 is 2.33 bits per heavy atom. The number of hydrogen-bond donors (Lipinski definition) is 2. The summed E-state index contributed by atoms with van der Waals surface area (Å²) in [5, 5.41) is 8.27. The van der Waals surface area contributed by atoms with Crippen molar-refractivity contribution in [2.75, 3.05) is 6.61 Å². The third kappa shape index (κ3) is 2.18. The molecule has 0 aliphatic carbocycles. The van der Waals surface area contributed by atoms with Crippen LogP contribution in [0.4, 0.5) is 0 Å². The Kier molecular flexibility index (Phi) is 3.08. The molecule has 0 rings (SSSR count). The van der Waals surface area contributed by atoms with Gasteiger partial charge in [0.2, 0.25) is 0 Å². The number of aliphatic hydroxyl groups excluding tert-OH is 1. The van der Waals surface area contributed by atoms with Gasteiger partial charge in [-0.2, -0.15) is 0 Å². The van der Waals surface area contributed by atoms with Gasteiger partial charge in [-0.3, -0.25) is 0 Å². The molecule has 38 valence electrons. The van der Waals surface area contributed by atoms with Gasteiger partial charge in [-0.05, 0) is 6.42 Å². The molecule has 1 unspecified atom stereocenters. The first kappa shape index (κ1) is 5.92. The van der Waals surface area contributed by atoms with E-state index in [1.54, 1.807) is 0 Å². The van der Waals surface area contributed by atoms with Crippen LogP contribution >= 0.6 is 0 Å². The predicted molar refractivity (Wildman–Crippen MR) is 24.1 cm³/mol. The van der Waals surface area contributed by atoms with Gasteiger partial charge in [0.1, 0.15) is 6.04 Å². The molecule has 2 nitrogen and oxygen atoms in total. The van der Waals surface area contributed by atoms with Crippen LogP contribution in [0, 0.1) is 0 Å². The fraction of sp³-hybridized carbons (Fsp3) is 1.00. The molecule has 0 radical (unpaired) electrons. The summed E-state index contributed by atoms with van der Waals surface area (Å²) < 4.78 is 0. The maximum Gasteiger partial charge on any atom is 0.107 e. The second-order valence-electron chi connectivity index (χ2n) is 1.46. The van der Waals surface area contributed by atoms with Gasteiger partial charge in [0.25, 0.3) is 0 Å². The molecule has 0 aromatic heterocycles. The van der Waals surface area contributed by atoms with Gasteiger partial charge in [0.15, 0.2) is 0 Å². The van der Waals surface area contributed by atoms with Crippen LogP contribution in [0.1, 0.15) is 13.3 Å². The van der Waals surface area contributed by atoms with Crippen LogP contribution in [0.15, 0.2) is 0 Å². The summed E-state index contributed by atoms with van der Waals surface area (Å²) in [6.07, 6.45) is 0.969. The molecule has 0 fully saturated rings. The van der Waals surface area contributed by atoms with Crippen LogP contribution in [0.5, 0.6) is 0 Å². The zero-order valence-electron chi connectivity index (χ0n) is 4.15. The lowest BCUT2D eigenvalue weighted by Gasteiger charge is -1.94. The van der Waals surface area contributed by atoms with Gasteiger partial charge in [-0.1, -0.05) is 6.92 Å². The van der Waals surface area contributed by atoms with Crippen LogP contribution in [0.25, 0.3) is 0 Å². The molecule has 0 saturated carbocycles. The smallest absolute Gasteiger partial charge is 0.107 e. The standard InChI is InChI=1S/C4H11NO/c1-2-4(5)3-6/h4,6H,2-3,5H2,1H3/p+1. The van der Waals surface area contributed by atoms with Gasteiger partial charge in [-0.25, -0.2) is 0 Å². The van der Waals surface area contributed by atoms with E-state index in [0.717, 1.165) is 6.42 Å². The van der Waals surface area contributed by atoms with Crippen molar-refractivity contribution in [3.63, 3.8) is 0 Å². The van der Waals surface area contributed by atoms with Crippen LogP contribution in [-0.2, 0) is 0 Å². The molecular weight excluding hydrogens is 78.0 g/mol. The second kappa shape index (κ2) is 3.12. The Balaban J connectivity index is 2.75. The van der Waals surface area contributed by atoms with E-state index in [2.05, 4.69) is 5.73 Å². The first-order chi connectivity index (χ1) is 2.81. The Labute approximate surface area is 38.0 Å². The van der Waals surface area contributed by atoms with Crippen molar-refractivity contribution in [3.8, 4) is 0 Å². The van der Waals surface area contributed by atoms with Gasteiger partial charge >= 0.3 is 0 Å². The molecule has 0 amide bonds. The average molecular weight is 90.1 g/mol. The summed E-state index contributed by atoms with van der Waals surface area (Å²) >= 11 is 0. The Morgan fingerprint density at radius 1 is 1.83 bits per heavy atom. The van der Waals surface area contributed by atoms with Crippen molar-refractivity contribution in [1.82, 2.24) is 0 Å². The van der Waals surface area contributed by atoms with Crippen molar-refractivity contribution in [2.45, 2.75) is 19.4 Å². The minimum Gasteiger partial charge on any atom is -0.390 e. The van der Waals surface area contributed by atoms with E-state index in [1.165, 1.54) is 0 Å². The molecule has 0 aromatic carbocycles. The SMILES string of the molecule is CCC([NH3+])CO. The monoisotopic (exact) mass is 90.1 g/mol. The summed E-state index contributed by atoms with van der Waals surface area (Å²) in [7, 11) is 0. The molecule has 6 heavy (non-hydrogen) atoms. The normalized spacial score (nSPS) is 14.5. The maximum absolute atomic E-state index is 8.27. The Hall–Kier alpha value is -0.0800. The van der Waals surface area contributed by atoms with Crippen molar-refractivity contribution < 1.29 is 10.8 Å². The van der Waals surface area contributed by atoms with Crippen LogP contribution in [0.3, 0.4) is 0 Å². The number of hydrogen-bond acceptors (Lipinski definition) is 1. The highest BCUT2D eigenvalue weighted by molar-refractivity contribution is 4.41. The van der Waals surface area contributed by atoms with E-state index in [1.807, 2.05) is 6.92 Å². The second-order valence-corrected chi connectivity index (χ2v) is 1.46. The largest absolute Gasteiger partial charge is 0.390 e. The lowest BCUT2D eigenvalue weighted by atomic mass is 10.3. The summed E-state index contributed by atoms with van der Waals surface area (Å²) in [6.45, 7) is 2.23. The highest BCUT2D eigenvalue weighted by Crippen LogP contribution is 1.76. The van der Waals surface area contributed by atoms with Crippen LogP contribution in [0.2, 0.25) is 0 Å². The molecule has 0 saturated heterocycles. The lowest BCUT2D eigenvalue weighted by molar-refractivity contribution is -0.425. The zero-order valence-corrected chi connectivity index (χ0v) is 4.15. The summed E-state index contributed by atoms with van der Waals surface area (Å²) in [6, 6.07) is 0.241. The first-order valence-corrected chi connectivity index (χ1v) is 2.25. The van der Waals surface area contributed by atoms with E-state index in [9.17, 15) is 0 Å². The molecule has 1 atom stereocenters. The van der Waals surface area contributed by atoms with Crippen LogP contribution < -0.4 is 5.73 Å². The average Bonchev–Trinajstić information content (AvgIpc) is 1.65. The lowest BCUT2D eigenvalue weighted by Crippen LogP contribution is -2.62. The maximum atomic E-state index is 8.27. The van der Waals surface area contributed by atoms with Gasteiger partial charge in [-0.15, -0.1) is 0 Å². The van der Waals surface area contributed by atoms with E-state index in [-0.39, 0.29) is 12.6 Å². The summed E-state index contributed by atoms with van der Waals surface area (Å²) in [4.78, 5) is 0. The highest BCUT2D eigenvalue weighted by atomic mass is 16.3. The minimum absolute atomic E-state index is 0.219. The predicted octanol–water partition coefficient (Wildman–Crippen LogP) is -1.00. The minimum atomic E-state index is 0.219. The van der Waals surface area contributed by atoms with E-state index in [4.69, 9.17) is 5.11 Å². The third-order valence-corrected chi connectivity index (χ3v) is 0.836. The molecule has 0 bridgehead atoms. The molecule has 2 heteroatoms. The third-order valence-electron chi connectivity index (χ3n) is 0.836. The molecule has 0 aromatic rings.